The summed E-state index contributed by atoms with van der Waals surface area (Å²) in [4.78, 5) is 33.7. The van der Waals surface area contributed by atoms with E-state index in [-0.39, 0.29) is 12.2 Å². The molecule has 1 unspecified atom stereocenters. The van der Waals surface area contributed by atoms with Gasteiger partial charge in [-0.15, -0.1) is 0 Å². The highest BCUT2D eigenvalue weighted by Gasteiger charge is 2.22. The first kappa shape index (κ1) is 13.9. The van der Waals surface area contributed by atoms with Crippen LogP contribution in [-0.2, 0) is 14.3 Å². The van der Waals surface area contributed by atoms with Gasteiger partial charge in [-0.25, -0.2) is 0 Å². The summed E-state index contributed by atoms with van der Waals surface area (Å²) in [6.07, 6.45) is 0.232. The molecule has 0 N–H and O–H groups in total. The van der Waals surface area contributed by atoms with Crippen LogP contribution in [0.1, 0.15) is 16.8 Å². The molecule has 1 aromatic rings. The molecule has 18 heavy (non-hydrogen) atoms. The minimum atomic E-state index is -1.05. The van der Waals surface area contributed by atoms with Crippen LogP contribution in [0.5, 0.6) is 5.75 Å². The van der Waals surface area contributed by atoms with Gasteiger partial charge in [-0.05, 0) is 24.3 Å². The second-order valence-corrected chi connectivity index (χ2v) is 3.62. The van der Waals surface area contributed by atoms with Crippen LogP contribution in [-0.4, -0.2) is 32.3 Å². The smallest absolute Gasteiger partial charge is 0.316 e. The van der Waals surface area contributed by atoms with Crippen molar-refractivity contribution in [3.63, 3.8) is 0 Å². The number of ketones is 1. The molecule has 0 amide bonds. The summed E-state index contributed by atoms with van der Waals surface area (Å²) in [5.41, 5.74) is 0.423. The van der Waals surface area contributed by atoms with Crippen LogP contribution < -0.4 is 4.74 Å². The Kier molecular flexibility index (Phi) is 5.05. The van der Waals surface area contributed by atoms with Gasteiger partial charge in [-0.2, -0.15) is 0 Å². The number of rotatable bonds is 6. The van der Waals surface area contributed by atoms with Gasteiger partial charge in [0.25, 0.3) is 0 Å². The molecule has 0 heterocycles. The quantitative estimate of drug-likeness (QED) is 0.329. The van der Waals surface area contributed by atoms with Crippen LogP contribution in [0.4, 0.5) is 0 Å². The molecule has 0 saturated heterocycles. The second-order valence-electron chi connectivity index (χ2n) is 3.62. The van der Waals surface area contributed by atoms with Gasteiger partial charge in [0.05, 0.1) is 14.2 Å². The molecule has 1 atom stereocenters. The summed E-state index contributed by atoms with van der Waals surface area (Å²) >= 11 is 0. The Morgan fingerprint density at radius 2 is 1.83 bits per heavy atom. The fourth-order valence-electron chi connectivity index (χ4n) is 1.43. The Morgan fingerprint density at radius 1 is 1.22 bits per heavy atom. The first-order valence-electron chi connectivity index (χ1n) is 5.32. The summed E-state index contributed by atoms with van der Waals surface area (Å²) in [5.74, 6) is -1.41. The number of carbonyl (C=O) groups excluding carboxylic acids is 3. The van der Waals surface area contributed by atoms with Crippen LogP contribution in [0, 0.1) is 5.92 Å². The predicted molar refractivity (Wildman–Crippen MR) is 63.5 cm³/mol. The zero-order valence-electron chi connectivity index (χ0n) is 10.2. The zero-order chi connectivity index (χ0) is 13.5. The van der Waals surface area contributed by atoms with Crippen molar-refractivity contribution in [2.45, 2.75) is 6.42 Å². The molecule has 0 fully saturated rings. The van der Waals surface area contributed by atoms with Gasteiger partial charge in [-0.1, -0.05) is 0 Å². The molecule has 0 bridgehead atoms. The van der Waals surface area contributed by atoms with Crippen molar-refractivity contribution in [2.24, 2.45) is 5.92 Å². The van der Waals surface area contributed by atoms with E-state index in [0.29, 0.717) is 17.6 Å². The fraction of sp³-hybridized carbons (Fsp3) is 0.308. The highest BCUT2D eigenvalue weighted by molar-refractivity contribution is 6.01. The summed E-state index contributed by atoms with van der Waals surface area (Å²) < 4.78 is 9.40. The van der Waals surface area contributed by atoms with Crippen molar-refractivity contribution in [3.8, 4) is 5.75 Å². The number of esters is 1. The maximum Gasteiger partial charge on any atom is 0.316 e. The molecule has 0 aliphatic rings. The largest absolute Gasteiger partial charge is 0.497 e. The molecule has 0 radical (unpaired) electrons. The van der Waals surface area contributed by atoms with Gasteiger partial charge >= 0.3 is 5.97 Å². The van der Waals surface area contributed by atoms with E-state index in [2.05, 4.69) is 4.74 Å². The lowest BCUT2D eigenvalue weighted by Gasteiger charge is -2.07. The molecule has 5 heteroatoms. The molecule has 0 aliphatic heterocycles. The van der Waals surface area contributed by atoms with Crippen LogP contribution in [0.25, 0.3) is 0 Å². The first-order valence-corrected chi connectivity index (χ1v) is 5.32. The Hall–Kier alpha value is -2.17. The average Bonchev–Trinajstić information content (AvgIpc) is 2.43. The zero-order valence-corrected chi connectivity index (χ0v) is 10.2. The van der Waals surface area contributed by atoms with Crippen molar-refractivity contribution >= 4 is 18.0 Å². The second kappa shape index (κ2) is 6.54. The topological polar surface area (TPSA) is 69.7 Å². The van der Waals surface area contributed by atoms with Gasteiger partial charge in [0.1, 0.15) is 18.0 Å². The first-order chi connectivity index (χ1) is 8.62. The van der Waals surface area contributed by atoms with Crippen LogP contribution in [0.15, 0.2) is 24.3 Å². The third-order valence-corrected chi connectivity index (χ3v) is 2.49. The van der Waals surface area contributed by atoms with Gasteiger partial charge in [-0.3, -0.25) is 9.59 Å². The lowest BCUT2D eigenvalue weighted by atomic mass is 9.99. The number of hydrogen-bond donors (Lipinski definition) is 0. The molecular formula is C13H14O5. The molecule has 1 aromatic carbocycles. The fourth-order valence-corrected chi connectivity index (χ4v) is 1.43. The Labute approximate surface area is 105 Å². The number of Topliss-reactive ketones (excluding diaryl/α,β-unsaturated/α-hetero) is 1. The van der Waals surface area contributed by atoms with Crippen molar-refractivity contribution in [1.29, 1.82) is 0 Å². The number of methoxy groups -OCH3 is 2. The lowest BCUT2D eigenvalue weighted by molar-refractivity contribution is -0.146. The summed E-state index contributed by atoms with van der Waals surface area (Å²) in [6.45, 7) is 0. The molecule has 0 aromatic heterocycles. The van der Waals surface area contributed by atoms with Gasteiger partial charge < -0.3 is 14.3 Å². The van der Waals surface area contributed by atoms with Crippen molar-refractivity contribution < 1.29 is 23.9 Å². The van der Waals surface area contributed by atoms with E-state index in [4.69, 9.17) is 4.74 Å². The molecule has 5 nitrogen and oxygen atoms in total. The Morgan fingerprint density at radius 3 is 2.28 bits per heavy atom. The monoisotopic (exact) mass is 250 g/mol. The Bertz CT molecular complexity index is 435. The van der Waals surface area contributed by atoms with Crippen LogP contribution >= 0.6 is 0 Å². The summed E-state index contributed by atoms with van der Waals surface area (Å²) in [5, 5.41) is 0. The highest BCUT2D eigenvalue weighted by atomic mass is 16.5. The van der Waals surface area contributed by atoms with Crippen molar-refractivity contribution in [1.82, 2.24) is 0 Å². The van der Waals surface area contributed by atoms with Gasteiger partial charge in [0.2, 0.25) is 0 Å². The molecular weight excluding hydrogens is 236 g/mol. The summed E-state index contributed by atoms with van der Waals surface area (Å²) in [7, 11) is 2.70. The molecule has 0 spiro atoms. The van der Waals surface area contributed by atoms with E-state index >= 15 is 0 Å². The molecule has 0 saturated carbocycles. The Balaban J connectivity index is 2.74. The van der Waals surface area contributed by atoms with Crippen molar-refractivity contribution in [2.75, 3.05) is 14.2 Å². The van der Waals surface area contributed by atoms with E-state index in [1.165, 1.54) is 14.2 Å². The summed E-state index contributed by atoms with van der Waals surface area (Å²) in [6, 6.07) is 6.45. The maximum atomic E-state index is 11.8. The number of benzene rings is 1. The number of aldehydes is 1. The lowest BCUT2D eigenvalue weighted by Crippen LogP contribution is -2.21. The molecule has 96 valence electrons. The molecule has 1 rings (SSSR count). The normalized spacial score (nSPS) is 11.4. The third-order valence-electron chi connectivity index (χ3n) is 2.49. The maximum absolute atomic E-state index is 11.8. The minimum Gasteiger partial charge on any atom is -0.497 e. The standard InChI is InChI=1S/C13H14O5/c1-17-11-5-3-9(4-6-11)12(15)7-10(8-14)13(16)18-2/h3-6,8,10H,7H2,1-2H3. The van der Waals surface area contributed by atoms with Gasteiger partial charge in [0.15, 0.2) is 5.78 Å². The van der Waals surface area contributed by atoms with Gasteiger partial charge in [0, 0.05) is 12.0 Å². The highest BCUT2D eigenvalue weighted by Crippen LogP contribution is 2.15. The number of carbonyl (C=O) groups is 3. The van der Waals surface area contributed by atoms with E-state index in [1.54, 1.807) is 24.3 Å². The number of ether oxygens (including phenoxy) is 2. The van der Waals surface area contributed by atoms with Crippen molar-refractivity contribution in [3.05, 3.63) is 29.8 Å². The van der Waals surface area contributed by atoms with Crippen LogP contribution in [0.2, 0.25) is 0 Å². The van der Waals surface area contributed by atoms with E-state index in [1.807, 2.05) is 0 Å². The van der Waals surface area contributed by atoms with E-state index < -0.39 is 11.9 Å². The van der Waals surface area contributed by atoms with Crippen LogP contribution in [0.3, 0.4) is 0 Å². The average molecular weight is 250 g/mol. The SMILES string of the molecule is COC(=O)C(C=O)CC(=O)c1ccc(OC)cc1. The third kappa shape index (κ3) is 3.41. The van der Waals surface area contributed by atoms with E-state index in [0.717, 1.165) is 0 Å². The van der Waals surface area contributed by atoms with E-state index in [9.17, 15) is 14.4 Å². The minimum absolute atomic E-state index is 0.192. The number of hydrogen-bond acceptors (Lipinski definition) is 5. The molecule has 0 aliphatic carbocycles. The predicted octanol–water partition coefficient (Wildman–Crippen LogP) is 1.26.